The molecule has 708 valence electrons. The topological polar surface area (TPSA) is 207 Å². The molecule has 24 rings (SSSR count). The number of rotatable bonds is 12. The van der Waals surface area contributed by atoms with E-state index >= 15 is 0 Å². The quantitative estimate of drug-likeness (QED) is 0.0824. The summed E-state index contributed by atoms with van der Waals surface area (Å²) in [6.07, 6.45) is 38.6. The van der Waals surface area contributed by atoms with Crippen LogP contribution in [-0.4, -0.2) is 96.4 Å². The van der Waals surface area contributed by atoms with Crippen LogP contribution in [0.25, 0.3) is 168 Å². The van der Waals surface area contributed by atoms with E-state index in [0.29, 0.717) is 55.2 Å². The molecule has 0 bridgehead atoms. The Kier molecular flexibility index (Phi) is 27.7. The van der Waals surface area contributed by atoms with Crippen molar-refractivity contribution in [1.29, 1.82) is 0 Å². The van der Waals surface area contributed by atoms with Crippen molar-refractivity contribution in [1.82, 2.24) is 96.4 Å². The lowest BCUT2D eigenvalue weighted by Gasteiger charge is -2.13. The van der Waals surface area contributed by atoms with Crippen LogP contribution in [0.4, 0.5) is 35.1 Å². The van der Waals surface area contributed by atoms with E-state index in [1.165, 1.54) is 42.0 Å². The first kappa shape index (κ1) is 95.7. The van der Waals surface area contributed by atoms with E-state index in [1.807, 2.05) is 203 Å². The molecule has 0 amide bonds. The minimum atomic E-state index is -4.40. The van der Waals surface area contributed by atoms with E-state index in [-0.39, 0.29) is 27.2 Å². The van der Waals surface area contributed by atoms with Crippen molar-refractivity contribution < 1.29 is 35.1 Å². The van der Waals surface area contributed by atoms with Gasteiger partial charge in [-0.25, -0.2) is 61.4 Å². The largest absolute Gasteiger partial charge is 0.416 e. The van der Waals surface area contributed by atoms with Crippen LogP contribution in [0.15, 0.2) is 373 Å². The summed E-state index contributed by atoms with van der Waals surface area (Å²) in [5.41, 5.74) is 26.8. The average Bonchev–Trinajstić information content (AvgIpc) is 1.74. The highest BCUT2D eigenvalue weighted by Gasteiger charge is 2.31. The Labute approximate surface area is 837 Å². The predicted molar refractivity (Wildman–Crippen MR) is 547 cm³/mol. The van der Waals surface area contributed by atoms with Gasteiger partial charge in [-0.05, 0) is 226 Å². The van der Waals surface area contributed by atoms with Gasteiger partial charge < -0.3 is 17.6 Å². The lowest BCUT2D eigenvalue weighted by atomic mass is 9.97. The first-order chi connectivity index (χ1) is 69.8. The van der Waals surface area contributed by atoms with E-state index in [2.05, 4.69) is 95.1 Å². The smallest absolute Gasteiger partial charge is 0.306 e. The number of fused-ring (bicyclic) bond motifs is 6. The molecule has 18 aromatic heterocycles. The van der Waals surface area contributed by atoms with Gasteiger partial charge >= 0.3 is 6.18 Å². The zero-order valence-electron chi connectivity index (χ0n) is 76.7. The van der Waals surface area contributed by atoms with Crippen LogP contribution in [0, 0.1) is 63.7 Å². The number of nitrogens with zero attached hydrogens (tertiary/aromatic N) is 20. The van der Waals surface area contributed by atoms with E-state index in [9.17, 15) is 35.1 Å². The number of halogens is 12. The van der Waals surface area contributed by atoms with Gasteiger partial charge in [-0.1, -0.05) is 101 Å². The van der Waals surface area contributed by atoms with Gasteiger partial charge in [0, 0.05) is 259 Å². The number of imidazole rings is 6. The van der Waals surface area contributed by atoms with Crippen molar-refractivity contribution in [3.8, 4) is 134 Å². The van der Waals surface area contributed by atoms with Crippen LogP contribution in [0.3, 0.4) is 0 Å². The summed E-state index contributed by atoms with van der Waals surface area (Å²) in [5.74, 6) is -1.95. The molecule has 0 aliphatic heterocycles. The standard InChI is InChI=1S/C19H12ClF2N3.2C19H13ClFN3.C19H14ClN3.C18H11F3N4.C18H13FN4/c1-11-7-18-23-5-6-25(18)10-14(11)12-3-2-4-24-19(12)13-8-15(20)17(22)9-16(13)21;1-12-9-18-22-7-8-24(18)11-15(12)14-3-2-6-23-19(14)13-4-5-17(21)16(20)10-13;1-12-9-18-22-7-8-24(18)11-16(12)14-3-2-6-23-19(14)15-10-13(20)4-5-17(15)21;1-13-10-18-21-8-9-23(18)12-17(13)16-6-3-7-22-19(16)14-4-2-5-15(20)11-14;19-18(20,21)14-4-1-3-12(9-14)16-15(5-2-6-22-16)13-10-24-17-23-7-8-25(17)11-13;1-12-11-13(4-5-15(12)19)18-14(3-2-8-21-18)16-6-7-17-20-9-10-23(17)22-16/h2-10H,1H3;2*2-11H,1H3;2-12H,1H3;1-11H;2-11H,1H3. The second-order valence-corrected chi connectivity index (χ2v) is 34.8. The molecule has 0 aliphatic carbocycles. The minimum Gasteiger partial charge on any atom is -0.306 e. The summed E-state index contributed by atoms with van der Waals surface area (Å²) in [7, 11) is 0. The molecule has 0 spiro atoms. The molecule has 0 saturated carbocycles. The molecule has 0 saturated heterocycles. The third-order valence-corrected chi connectivity index (χ3v) is 24.7. The highest BCUT2D eigenvalue weighted by atomic mass is 35.5. The molecule has 20 nitrogen and oxygen atoms in total. The minimum absolute atomic E-state index is 0.0888. The molecule has 6 aromatic carbocycles. The molecule has 0 radical (unpaired) electrons. The van der Waals surface area contributed by atoms with E-state index in [4.69, 9.17) is 46.4 Å². The number of pyridine rings is 10. The highest BCUT2D eigenvalue weighted by Crippen LogP contribution is 2.43. The summed E-state index contributed by atoms with van der Waals surface area (Å²) >= 11 is 24.0. The number of aromatic nitrogens is 20. The molecular formula is C112H76Cl4F8N20. The van der Waals surface area contributed by atoms with Crippen molar-refractivity contribution in [3.63, 3.8) is 0 Å². The molecule has 32 heteroatoms. The fourth-order valence-electron chi connectivity index (χ4n) is 16.7. The third-order valence-electron chi connectivity index (χ3n) is 23.7. The van der Waals surface area contributed by atoms with Crippen LogP contribution in [0.5, 0.6) is 0 Å². The Morgan fingerprint density at radius 1 is 0.243 bits per heavy atom. The van der Waals surface area contributed by atoms with Gasteiger partial charge in [0.1, 0.15) is 51.7 Å². The first-order valence-electron chi connectivity index (χ1n) is 44.6. The average molecular weight is 2000 g/mol. The van der Waals surface area contributed by atoms with E-state index in [1.54, 1.807) is 151 Å². The summed E-state index contributed by atoms with van der Waals surface area (Å²) in [6.45, 7) is 9.85. The Bertz CT molecular complexity index is 8920. The SMILES string of the molecule is Cc1cc(-c2ncccc2-c2ccc3nccn3n2)ccc1F.Cc1cc2nccn2cc1-c1cccnc1-c1cc(Cl)c(F)cc1F.Cc1cc2nccn2cc1-c1cccnc1-c1cc(Cl)ccc1F.Cc1cc2nccn2cc1-c1cccnc1-c1ccc(F)c(Cl)c1.Cc1cc2nccn2cc1-c1cccnc1-c1cccc(Cl)c1.FC(F)(F)c1cccc(-c2ncccc2-c2cnc3nccn3c2)c1. The monoisotopic (exact) mass is 1990 g/mol. The fraction of sp³-hybridized carbons (Fsp3) is 0.0536. The number of aryl methyl sites for hydroxylation is 5. The van der Waals surface area contributed by atoms with Gasteiger partial charge in [-0.3, -0.25) is 34.3 Å². The molecule has 144 heavy (non-hydrogen) atoms. The molecule has 0 unspecified atom stereocenters. The van der Waals surface area contributed by atoms with Crippen molar-refractivity contribution in [2.45, 2.75) is 40.8 Å². The lowest BCUT2D eigenvalue weighted by molar-refractivity contribution is -0.137. The van der Waals surface area contributed by atoms with Gasteiger partial charge in [-0.15, -0.1) is 0 Å². The lowest BCUT2D eigenvalue weighted by Crippen LogP contribution is -2.04. The number of hydrogen-bond acceptors (Lipinski definition) is 14. The van der Waals surface area contributed by atoms with Crippen molar-refractivity contribution in [2.24, 2.45) is 0 Å². The van der Waals surface area contributed by atoms with E-state index < -0.39 is 29.2 Å². The molecule has 0 aliphatic rings. The zero-order valence-corrected chi connectivity index (χ0v) is 79.7. The second kappa shape index (κ2) is 41.7. The summed E-state index contributed by atoms with van der Waals surface area (Å²) in [6, 6.07) is 63.8. The second-order valence-electron chi connectivity index (χ2n) is 33.1. The van der Waals surface area contributed by atoms with Gasteiger partial charge in [-0.2, -0.15) is 18.3 Å². The normalized spacial score (nSPS) is 11.2. The maximum absolute atomic E-state index is 14.4. The Hall–Kier alpha value is -17.2. The van der Waals surface area contributed by atoms with Crippen LogP contribution >= 0.6 is 46.4 Å². The van der Waals surface area contributed by atoms with Crippen molar-refractivity contribution >= 4 is 80.4 Å². The van der Waals surface area contributed by atoms with Gasteiger partial charge in [0.2, 0.25) is 5.78 Å². The van der Waals surface area contributed by atoms with Crippen LogP contribution < -0.4 is 0 Å². The fourth-order valence-corrected chi connectivity index (χ4v) is 17.4. The van der Waals surface area contributed by atoms with E-state index in [0.717, 1.165) is 158 Å². The Balaban J connectivity index is 0.000000109. The molecule has 0 N–H and O–H groups in total. The summed E-state index contributed by atoms with van der Waals surface area (Å²) in [5, 5.41) is 5.70. The number of hydrogen-bond donors (Lipinski definition) is 0. The van der Waals surface area contributed by atoms with Crippen LogP contribution in [0.1, 0.15) is 33.4 Å². The molecule has 24 aromatic rings. The maximum atomic E-state index is 14.4. The van der Waals surface area contributed by atoms with Gasteiger partial charge in [0.05, 0.1) is 55.5 Å². The van der Waals surface area contributed by atoms with Gasteiger partial charge in [0.25, 0.3) is 0 Å². The predicted octanol–water partition coefficient (Wildman–Crippen LogP) is 29.0. The Morgan fingerprint density at radius 2 is 0.646 bits per heavy atom. The Morgan fingerprint density at radius 3 is 1.15 bits per heavy atom. The van der Waals surface area contributed by atoms with Gasteiger partial charge in [0.15, 0.2) is 5.65 Å². The van der Waals surface area contributed by atoms with Crippen LogP contribution in [0.2, 0.25) is 20.1 Å². The zero-order chi connectivity index (χ0) is 100.0. The maximum Gasteiger partial charge on any atom is 0.416 e. The highest BCUT2D eigenvalue weighted by molar-refractivity contribution is 6.32. The van der Waals surface area contributed by atoms with Crippen molar-refractivity contribution in [3.05, 3.63) is 456 Å². The molecular weight excluding hydrogens is 1920 g/mol. The molecule has 0 fully saturated rings. The third kappa shape index (κ3) is 20.7. The van der Waals surface area contributed by atoms with Crippen LogP contribution in [-0.2, 0) is 6.18 Å². The molecule has 18 heterocycles. The van der Waals surface area contributed by atoms with Crippen molar-refractivity contribution in [2.75, 3.05) is 0 Å². The number of alkyl halides is 3. The summed E-state index contributed by atoms with van der Waals surface area (Å²) in [4.78, 5) is 56.3. The summed E-state index contributed by atoms with van der Waals surface area (Å²) < 4.78 is 120. The number of benzene rings is 6. The first-order valence-corrected chi connectivity index (χ1v) is 46.1. The molecule has 0 atom stereocenters.